The van der Waals surface area contributed by atoms with Crippen LogP contribution in [0.5, 0.6) is 0 Å². The monoisotopic (exact) mass is 304 g/mol. The summed E-state index contributed by atoms with van der Waals surface area (Å²) < 4.78 is 28.8. The standard InChI is InChI=1S/C14H28O5Si/c1-5-9-10-14(16-12-13-11-15-13)20(17-6-2,18-7-3)19-8-4/h10,13H,5-9,11-12H2,1-4H3. The average molecular weight is 304 g/mol. The quantitative estimate of drug-likeness (QED) is 0.315. The molecular formula is C14H28O5Si. The van der Waals surface area contributed by atoms with E-state index in [0.717, 1.165) is 24.8 Å². The third-order valence-corrected chi connectivity index (χ3v) is 5.71. The maximum Gasteiger partial charge on any atom is 0.573 e. The van der Waals surface area contributed by atoms with Crippen molar-refractivity contribution in [3.63, 3.8) is 0 Å². The number of hydrogen-bond donors (Lipinski definition) is 0. The minimum absolute atomic E-state index is 0.205. The Hall–Kier alpha value is -0.403. The normalized spacial score (nSPS) is 19.2. The zero-order chi connectivity index (χ0) is 14.8. The van der Waals surface area contributed by atoms with Crippen LogP contribution < -0.4 is 0 Å². The van der Waals surface area contributed by atoms with Gasteiger partial charge in [0.2, 0.25) is 0 Å². The number of unbranched alkanes of at least 4 members (excludes halogenated alkanes) is 1. The van der Waals surface area contributed by atoms with Crippen LogP contribution in [0, 0.1) is 0 Å². The molecule has 0 spiro atoms. The molecule has 1 unspecified atom stereocenters. The van der Waals surface area contributed by atoms with Gasteiger partial charge in [0, 0.05) is 19.8 Å². The van der Waals surface area contributed by atoms with E-state index >= 15 is 0 Å². The molecule has 6 heteroatoms. The van der Waals surface area contributed by atoms with Gasteiger partial charge in [0.05, 0.1) is 6.61 Å². The highest BCUT2D eigenvalue weighted by atomic mass is 28.4. The number of allylic oxidation sites excluding steroid dienone is 1. The summed E-state index contributed by atoms with van der Waals surface area (Å²) in [5.74, 6) is 0. The average Bonchev–Trinajstić information content (AvgIpc) is 3.23. The lowest BCUT2D eigenvalue weighted by Crippen LogP contribution is -2.49. The first-order valence-electron chi connectivity index (χ1n) is 7.59. The molecule has 1 rings (SSSR count). The highest BCUT2D eigenvalue weighted by Crippen LogP contribution is 2.24. The predicted octanol–water partition coefficient (Wildman–Crippen LogP) is 2.67. The molecule has 0 aromatic heterocycles. The van der Waals surface area contributed by atoms with E-state index in [-0.39, 0.29) is 6.10 Å². The highest BCUT2D eigenvalue weighted by molar-refractivity contribution is 6.68. The molecule has 118 valence electrons. The van der Waals surface area contributed by atoms with Crippen molar-refractivity contribution in [1.82, 2.24) is 0 Å². The minimum Gasteiger partial charge on any atom is -0.492 e. The molecular weight excluding hydrogens is 276 g/mol. The van der Waals surface area contributed by atoms with Gasteiger partial charge in [0.15, 0.2) is 5.38 Å². The van der Waals surface area contributed by atoms with E-state index in [1.807, 2.05) is 20.8 Å². The van der Waals surface area contributed by atoms with E-state index in [9.17, 15) is 0 Å². The minimum atomic E-state index is -2.92. The summed E-state index contributed by atoms with van der Waals surface area (Å²) in [6.07, 6.45) is 4.22. The summed E-state index contributed by atoms with van der Waals surface area (Å²) in [5, 5.41) is 0.736. The Balaban J connectivity index is 2.84. The van der Waals surface area contributed by atoms with E-state index in [0.29, 0.717) is 26.4 Å². The van der Waals surface area contributed by atoms with Gasteiger partial charge >= 0.3 is 8.80 Å². The maximum absolute atomic E-state index is 5.91. The molecule has 20 heavy (non-hydrogen) atoms. The van der Waals surface area contributed by atoms with Crippen LogP contribution >= 0.6 is 0 Å². The lowest BCUT2D eigenvalue weighted by molar-refractivity contribution is 0.0542. The number of rotatable bonds is 12. The van der Waals surface area contributed by atoms with Crippen molar-refractivity contribution in [2.75, 3.05) is 33.0 Å². The number of epoxide rings is 1. The first-order valence-corrected chi connectivity index (χ1v) is 9.31. The molecule has 1 aliphatic rings. The second kappa shape index (κ2) is 9.52. The van der Waals surface area contributed by atoms with Crippen LogP contribution in [-0.2, 0) is 22.8 Å². The van der Waals surface area contributed by atoms with Crippen molar-refractivity contribution in [1.29, 1.82) is 0 Å². The van der Waals surface area contributed by atoms with E-state index in [2.05, 4.69) is 13.0 Å². The lowest BCUT2D eigenvalue weighted by Gasteiger charge is -2.30. The topological polar surface area (TPSA) is 49.5 Å². The van der Waals surface area contributed by atoms with Crippen molar-refractivity contribution in [3.05, 3.63) is 11.5 Å². The van der Waals surface area contributed by atoms with Gasteiger partial charge in [-0.15, -0.1) is 0 Å². The van der Waals surface area contributed by atoms with Crippen LogP contribution in [0.2, 0.25) is 0 Å². The van der Waals surface area contributed by atoms with Crippen molar-refractivity contribution in [2.24, 2.45) is 0 Å². The van der Waals surface area contributed by atoms with Gasteiger partial charge in [-0.2, -0.15) is 0 Å². The molecule has 0 bridgehead atoms. The zero-order valence-corrected chi connectivity index (χ0v) is 14.1. The van der Waals surface area contributed by atoms with Gasteiger partial charge in [-0.3, -0.25) is 0 Å². The summed E-state index contributed by atoms with van der Waals surface area (Å²) >= 11 is 0. The fourth-order valence-electron chi connectivity index (χ4n) is 1.80. The van der Waals surface area contributed by atoms with Gasteiger partial charge in [0.1, 0.15) is 12.7 Å². The summed E-state index contributed by atoms with van der Waals surface area (Å²) in [6.45, 7) is 10.9. The fourth-order valence-corrected chi connectivity index (χ4v) is 4.27. The largest absolute Gasteiger partial charge is 0.573 e. The Bertz CT molecular complexity index is 274. The molecule has 0 aromatic carbocycles. The third kappa shape index (κ3) is 5.53. The fraction of sp³-hybridized carbons (Fsp3) is 0.857. The van der Waals surface area contributed by atoms with E-state index in [4.69, 9.17) is 22.8 Å². The van der Waals surface area contributed by atoms with E-state index < -0.39 is 8.80 Å². The highest BCUT2D eigenvalue weighted by Gasteiger charge is 2.48. The Labute approximate surface area is 123 Å². The zero-order valence-electron chi connectivity index (χ0n) is 13.1. The lowest BCUT2D eigenvalue weighted by atomic mass is 10.3. The van der Waals surface area contributed by atoms with Crippen LogP contribution in [0.4, 0.5) is 0 Å². The molecule has 0 saturated carbocycles. The molecule has 0 N–H and O–H groups in total. The molecule has 1 saturated heterocycles. The van der Waals surface area contributed by atoms with Crippen molar-refractivity contribution in [3.8, 4) is 0 Å². The van der Waals surface area contributed by atoms with Crippen LogP contribution in [0.25, 0.3) is 0 Å². The molecule has 1 heterocycles. The third-order valence-electron chi connectivity index (χ3n) is 2.75. The van der Waals surface area contributed by atoms with Gasteiger partial charge in [-0.25, -0.2) is 0 Å². The molecule has 1 fully saturated rings. The molecule has 0 amide bonds. The van der Waals surface area contributed by atoms with Crippen molar-refractivity contribution >= 4 is 8.80 Å². The van der Waals surface area contributed by atoms with Crippen molar-refractivity contribution < 1.29 is 22.8 Å². The molecule has 0 aromatic rings. The Morgan fingerprint density at radius 3 is 2.05 bits per heavy atom. The number of hydrogen-bond acceptors (Lipinski definition) is 5. The first-order chi connectivity index (χ1) is 9.72. The number of ether oxygens (including phenoxy) is 2. The van der Waals surface area contributed by atoms with Gasteiger partial charge in [0.25, 0.3) is 0 Å². The summed E-state index contributed by atoms with van der Waals surface area (Å²) in [7, 11) is -2.92. The summed E-state index contributed by atoms with van der Waals surface area (Å²) in [6, 6.07) is 0. The molecule has 0 aliphatic carbocycles. The molecule has 1 atom stereocenters. The Morgan fingerprint density at radius 2 is 1.65 bits per heavy atom. The predicted molar refractivity (Wildman–Crippen MR) is 79.3 cm³/mol. The first kappa shape index (κ1) is 17.6. The van der Waals surface area contributed by atoms with Gasteiger partial charge in [-0.05, 0) is 33.3 Å². The van der Waals surface area contributed by atoms with Gasteiger partial charge in [-0.1, -0.05) is 13.3 Å². The van der Waals surface area contributed by atoms with Crippen LogP contribution in [0.1, 0.15) is 40.5 Å². The van der Waals surface area contributed by atoms with Gasteiger partial charge < -0.3 is 22.8 Å². The smallest absolute Gasteiger partial charge is 0.492 e. The summed E-state index contributed by atoms with van der Waals surface area (Å²) in [4.78, 5) is 0. The second-order valence-corrected chi connectivity index (χ2v) is 6.95. The van der Waals surface area contributed by atoms with Crippen LogP contribution in [-0.4, -0.2) is 47.9 Å². The maximum atomic E-state index is 5.91. The molecule has 1 aliphatic heterocycles. The Kier molecular flexibility index (Phi) is 8.40. The molecule has 5 nitrogen and oxygen atoms in total. The van der Waals surface area contributed by atoms with Crippen molar-refractivity contribution in [2.45, 2.75) is 46.6 Å². The van der Waals surface area contributed by atoms with Crippen LogP contribution in [0.15, 0.2) is 11.5 Å². The van der Waals surface area contributed by atoms with E-state index in [1.165, 1.54) is 0 Å². The SMILES string of the molecule is CCCC=C(OCC1CO1)[Si](OCC)(OCC)OCC. The van der Waals surface area contributed by atoms with Crippen LogP contribution in [0.3, 0.4) is 0 Å². The Morgan fingerprint density at radius 1 is 1.10 bits per heavy atom. The second-order valence-electron chi connectivity index (χ2n) is 4.48. The summed E-state index contributed by atoms with van der Waals surface area (Å²) in [5.41, 5.74) is 0. The molecule has 0 radical (unpaired) electrons. The van der Waals surface area contributed by atoms with E-state index in [1.54, 1.807) is 0 Å².